The molecule has 6 aliphatic rings. The number of ether oxygens (including phenoxy) is 3. The Labute approximate surface area is 684 Å². The summed E-state index contributed by atoms with van der Waals surface area (Å²) in [6.45, 7) is 22.4. The van der Waals surface area contributed by atoms with Gasteiger partial charge in [0.1, 0.15) is 28.5 Å². The van der Waals surface area contributed by atoms with E-state index in [2.05, 4.69) is 106 Å². The molecule has 1 spiro atoms. The summed E-state index contributed by atoms with van der Waals surface area (Å²) in [7, 11) is 5.54. The fourth-order valence-corrected chi connectivity index (χ4v) is 18.5. The van der Waals surface area contributed by atoms with E-state index < -0.39 is 17.4 Å². The number of likely N-dealkylation sites (tertiary alicyclic amines) is 1. The van der Waals surface area contributed by atoms with E-state index >= 15 is 0 Å². The summed E-state index contributed by atoms with van der Waals surface area (Å²) in [4.78, 5) is 37.1. The number of alkyl halides is 1. The molecule has 4 N–H and O–H groups in total. The first-order valence-corrected chi connectivity index (χ1v) is 42.5. The van der Waals surface area contributed by atoms with Crippen molar-refractivity contribution in [1.29, 1.82) is 0 Å². The van der Waals surface area contributed by atoms with E-state index in [9.17, 15) is 24.5 Å². The molecular weight excluding hydrogens is 1480 g/mol. The summed E-state index contributed by atoms with van der Waals surface area (Å²) in [5, 5.41) is 66.1. The van der Waals surface area contributed by atoms with E-state index in [0.29, 0.717) is 73.0 Å². The average molecular weight is 1600 g/mol. The van der Waals surface area contributed by atoms with Crippen LogP contribution in [0, 0.1) is 24.2 Å². The van der Waals surface area contributed by atoms with Gasteiger partial charge >= 0.3 is 0 Å². The number of rotatable bonds is 24. The van der Waals surface area contributed by atoms with E-state index in [0.717, 1.165) is 195 Å². The Morgan fingerprint density at radius 3 is 1.70 bits per heavy atom. The number of fused-ring (bicyclic) bond motifs is 4. The second kappa shape index (κ2) is 35.3. The van der Waals surface area contributed by atoms with Crippen molar-refractivity contribution >= 4 is 34.2 Å². The number of nitrogens with zero attached hydrogens (tertiary/aromatic N) is 19. The number of hydrogen-bond donors (Lipinski definition) is 4. The van der Waals surface area contributed by atoms with Gasteiger partial charge in [0, 0.05) is 166 Å². The highest BCUT2D eigenvalue weighted by molar-refractivity contribution is 5.86. The monoisotopic (exact) mass is 1600 g/mol. The minimum atomic E-state index is -1.30. The Hall–Kier alpha value is -9.39. The van der Waals surface area contributed by atoms with E-state index in [1.165, 1.54) is 49.6 Å². The fourth-order valence-electron chi connectivity index (χ4n) is 18.5. The van der Waals surface area contributed by atoms with E-state index in [1.807, 2.05) is 110 Å². The lowest BCUT2D eigenvalue weighted by Gasteiger charge is -2.50. The average Bonchev–Trinajstić information content (AvgIpc) is 1.62. The second-order valence-corrected chi connectivity index (χ2v) is 35.5. The number of aryl methyl sites for hydroxylation is 2. The molecule has 1 saturated heterocycles. The molecule has 5 fully saturated rings. The van der Waals surface area contributed by atoms with Gasteiger partial charge < -0.3 is 53.6 Å². The van der Waals surface area contributed by atoms with Crippen molar-refractivity contribution in [2.24, 2.45) is 24.3 Å². The first-order valence-electron chi connectivity index (χ1n) is 42.5. The van der Waals surface area contributed by atoms with E-state index in [1.54, 1.807) is 21.1 Å². The lowest BCUT2D eigenvalue weighted by Crippen LogP contribution is -2.54. The number of amides is 1. The summed E-state index contributed by atoms with van der Waals surface area (Å²) < 4.78 is 46.6. The molecule has 17 rings (SSSR count). The highest BCUT2D eigenvalue weighted by Gasteiger charge is 2.45. The van der Waals surface area contributed by atoms with Crippen molar-refractivity contribution < 1.29 is 43.1 Å². The number of pyridine rings is 1. The summed E-state index contributed by atoms with van der Waals surface area (Å²) in [6, 6.07) is 13.3. The molecule has 1 unspecified atom stereocenters. The van der Waals surface area contributed by atoms with Crippen LogP contribution in [0.15, 0.2) is 96.6 Å². The lowest BCUT2D eigenvalue weighted by molar-refractivity contribution is -0.145. The third-order valence-electron chi connectivity index (χ3n) is 25.5. The Kier molecular flexibility index (Phi) is 24.9. The number of aliphatic hydroxyl groups is 3. The van der Waals surface area contributed by atoms with Gasteiger partial charge in [-0.15, -0.1) is 15.3 Å². The van der Waals surface area contributed by atoms with Crippen LogP contribution in [0.4, 0.5) is 16.2 Å². The quantitative estimate of drug-likeness (QED) is 0.0437. The van der Waals surface area contributed by atoms with Crippen LogP contribution in [0.25, 0.3) is 49.9 Å². The van der Waals surface area contributed by atoms with Crippen molar-refractivity contribution in [2.45, 2.75) is 257 Å². The maximum Gasteiger partial charge on any atom is 0.249 e. The van der Waals surface area contributed by atoms with Crippen LogP contribution >= 0.6 is 0 Å². The van der Waals surface area contributed by atoms with Crippen molar-refractivity contribution in [3.8, 4) is 33.4 Å². The molecule has 626 valence electrons. The van der Waals surface area contributed by atoms with Crippen LogP contribution in [0.3, 0.4) is 0 Å². The third-order valence-corrected chi connectivity index (χ3v) is 25.5. The number of carbonyl (C=O) groups is 1. The van der Waals surface area contributed by atoms with Crippen molar-refractivity contribution in [3.05, 3.63) is 144 Å². The second-order valence-electron chi connectivity index (χ2n) is 35.5. The topological polar surface area (TPSA) is 307 Å². The van der Waals surface area contributed by atoms with Gasteiger partial charge in [-0.25, -0.2) is 37.9 Å². The molecule has 11 aromatic rings. The highest BCUT2D eigenvalue weighted by atomic mass is 19.1. The number of anilines is 2. The van der Waals surface area contributed by atoms with Crippen molar-refractivity contribution in [2.75, 3.05) is 63.9 Å². The van der Waals surface area contributed by atoms with Gasteiger partial charge in [-0.3, -0.25) is 14.2 Å². The molecule has 0 radical (unpaired) electrons. The Bertz CT molecular complexity index is 5200. The van der Waals surface area contributed by atoms with Crippen LogP contribution in [-0.2, 0) is 62.9 Å². The number of methoxy groups -OCH3 is 2. The number of nitrogens with one attached hydrogen (secondary N) is 1. The molecule has 0 aromatic carbocycles. The highest BCUT2D eigenvalue weighted by Crippen LogP contribution is 2.49. The van der Waals surface area contributed by atoms with Crippen LogP contribution < -0.4 is 10.2 Å². The first kappa shape index (κ1) is 82.7. The smallest absolute Gasteiger partial charge is 0.249 e. The molecule has 4 saturated carbocycles. The molecular formula is C88H119FN20O8. The number of aliphatic hydroxyl groups excluding tert-OH is 3. The summed E-state index contributed by atoms with van der Waals surface area (Å²) in [5.74, 6) is 5.58. The summed E-state index contributed by atoms with van der Waals surface area (Å²) in [6.07, 6.45) is 34.4. The number of hydrogen-bond acceptors (Lipinski definition) is 21. The molecule has 11 aromatic heterocycles. The minimum absolute atomic E-state index is 0.0674. The molecule has 2 aliphatic heterocycles. The Morgan fingerprint density at radius 2 is 1.16 bits per heavy atom. The van der Waals surface area contributed by atoms with Crippen LogP contribution in [0.5, 0.6) is 0 Å². The number of halogens is 1. The standard InChI is InChI=1S/C31H45N7O3.C30H38N6O2.C27H36FN7O3/c1-21(19-41-4)34-29-32-17-27-25(15-26(38(27)35-29)22-7-9-24(39)10-8-22)23-16-33-37(18-23)30(2,3)28(40)36-14-6-13-31(20-36)11-5-12-31;1-20(19-38-3)14-29-32-17-27-25(16-26(36(27)33-29)21-4-6-24(37)7-5-21)23-8-11-31-30(15-23)35-13-10-22-9-12-34(2)28(22)18-35;1-16(15-37-17(2)28)10-25-29-13-24-22(11-23(35(24)33-25)19-6-8-21(36)9-7-19)20-12-30-34(14-20)27(4,5)26-32-31-18(3)38-26/h15-18,21-22,24,39H,5-14,19-20H2,1-4H3,(H,34,35);8-9,11-12,15-17,20-21,24,37H,4-7,10,13-14,18-19H2,1-3H3;11-14,16-17,19,21,36H,6-10,15H2,1-5H3/t21-,22?,24?;20-,21?,24?;16-,17?,19?,21?/m011/s1. The number of aromatic nitrogens is 17. The van der Waals surface area contributed by atoms with E-state index in [-0.39, 0.29) is 42.1 Å². The molecule has 4 atom stereocenters. The minimum Gasteiger partial charge on any atom is -0.423 e. The normalized spacial score (nSPS) is 21.5. The largest absolute Gasteiger partial charge is 0.423 e. The molecule has 117 heavy (non-hydrogen) atoms. The summed E-state index contributed by atoms with van der Waals surface area (Å²) >= 11 is 0. The van der Waals surface area contributed by atoms with Crippen LogP contribution in [-0.4, -0.2) is 194 Å². The van der Waals surface area contributed by atoms with E-state index in [4.69, 9.17) is 49.0 Å². The molecule has 1 amide bonds. The van der Waals surface area contributed by atoms with Gasteiger partial charge in [-0.2, -0.15) is 20.4 Å². The fraction of sp³-hybridized carbons (Fsp3) is 0.591. The Morgan fingerprint density at radius 1 is 0.632 bits per heavy atom. The van der Waals surface area contributed by atoms with Crippen LogP contribution in [0.2, 0.25) is 0 Å². The molecule has 13 heterocycles. The van der Waals surface area contributed by atoms with Gasteiger partial charge in [-0.1, -0.05) is 20.3 Å². The van der Waals surface area contributed by atoms with Gasteiger partial charge in [0.15, 0.2) is 6.36 Å². The maximum absolute atomic E-state index is 13.8. The predicted octanol–water partition coefficient (Wildman–Crippen LogP) is 13.7. The van der Waals surface area contributed by atoms with Gasteiger partial charge in [0.2, 0.25) is 23.6 Å². The zero-order valence-electron chi connectivity index (χ0n) is 70.3. The number of carbonyl (C=O) groups excluding carboxylic acids is 1. The van der Waals surface area contributed by atoms with Gasteiger partial charge in [0.05, 0.1) is 85.6 Å². The number of piperidine rings is 1. The Balaban J connectivity index is 0.000000138. The van der Waals surface area contributed by atoms with Gasteiger partial charge in [0.25, 0.3) is 0 Å². The molecule has 4 aliphatic carbocycles. The van der Waals surface area contributed by atoms with Crippen molar-refractivity contribution in [3.63, 3.8) is 0 Å². The zero-order chi connectivity index (χ0) is 82.0. The third kappa shape index (κ3) is 18.1. The zero-order valence-corrected chi connectivity index (χ0v) is 70.3. The molecule has 0 bridgehead atoms. The predicted molar refractivity (Wildman–Crippen MR) is 444 cm³/mol. The molecule has 29 heteroatoms. The maximum atomic E-state index is 13.8. The van der Waals surface area contributed by atoms with Gasteiger partial charge in [-0.05, 0) is 215 Å². The SMILES string of the molecule is COC[C@H](C)Cc1ncc2c(-c3ccnc(N4CCc5ccn(C)c5C4)c3)cc(C3CCC(O)CC3)n2n1.COC[C@H](C)Nc1ncc2c(-c3cnn(C(C)(C)C(=O)N4CCCC5(CCC5)C4)c3)cc(C3CCC(O)CC3)n2n1.Cc1nnc(C(C)(C)n2cc(-c3cc(C4CCC(O)CC4)n4nc(C[C@@H](C)COC(C)F)ncc34)cn2)o1. The van der Waals surface area contributed by atoms with Crippen molar-refractivity contribution in [1.82, 2.24) is 88.0 Å². The lowest BCUT2D eigenvalue weighted by atomic mass is 9.64. The first-order chi connectivity index (χ1) is 56.3. The summed E-state index contributed by atoms with van der Waals surface area (Å²) in [5.41, 5.74) is 14.1. The molecule has 28 nitrogen and oxygen atoms in total. The van der Waals surface area contributed by atoms with Crippen LogP contribution in [0.1, 0.15) is 234 Å².